The summed E-state index contributed by atoms with van der Waals surface area (Å²) >= 11 is 0. The first-order chi connectivity index (χ1) is 14.0. The van der Waals surface area contributed by atoms with Crippen LogP contribution in [0.1, 0.15) is 18.7 Å². The van der Waals surface area contributed by atoms with Gasteiger partial charge in [-0.25, -0.2) is 12.9 Å². The van der Waals surface area contributed by atoms with Crippen LogP contribution in [0.3, 0.4) is 0 Å². The molecule has 29 heavy (non-hydrogen) atoms. The van der Waals surface area contributed by atoms with Crippen molar-refractivity contribution in [1.29, 1.82) is 0 Å². The van der Waals surface area contributed by atoms with Gasteiger partial charge in [0.2, 0.25) is 17.7 Å². The molecule has 1 aliphatic heterocycles. The Hall–Kier alpha value is -2.86. The topological polar surface area (TPSA) is 136 Å². The summed E-state index contributed by atoms with van der Waals surface area (Å²) in [5.74, 6) is 1.20. The molecule has 1 aliphatic carbocycles. The molecule has 1 N–H and O–H groups in total. The van der Waals surface area contributed by atoms with Crippen LogP contribution in [0, 0.1) is 5.92 Å². The average molecular weight is 417 g/mol. The molecule has 2 fully saturated rings. The van der Waals surface area contributed by atoms with Crippen LogP contribution in [0.2, 0.25) is 0 Å². The summed E-state index contributed by atoms with van der Waals surface area (Å²) in [4.78, 5) is 18.3. The van der Waals surface area contributed by atoms with E-state index >= 15 is 0 Å². The van der Waals surface area contributed by atoms with Crippen molar-refractivity contribution in [3.63, 3.8) is 0 Å². The van der Waals surface area contributed by atoms with E-state index in [9.17, 15) is 13.2 Å². The molecule has 3 aromatic heterocycles. The third-order valence-corrected chi connectivity index (χ3v) is 6.63. The van der Waals surface area contributed by atoms with Crippen molar-refractivity contribution in [2.45, 2.75) is 19.4 Å². The summed E-state index contributed by atoms with van der Waals surface area (Å²) in [5, 5.41) is 15.3. The summed E-state index contributed by atoms with van der Waals surface area (Å²) in [6.07, 6.45) is 1.80. The van der Waals surface area contributed by atoms with Crippen LogP contribution in [0.5, 0.6) is 0 Å². The first-order valence-electron chi connectivity index (χ1n) is 9.39. The second-order valence-corrected chi connectivity index (χ2v) is 9.61. The van der Waals surface area contributed by atoms with Gasteiger partial charge in [-0.05, 0) is 25.0 Å². The summed E-state index contributed by atoms with van der Waals surface area (Å²) in [6.45, 7) is 1.28. The van der Waals surface area contributed by atoms with Crippen molar-refractivity contribution >= 4 is 27.3 Å². The number of sulfone groups is 1. The molecule has 4 heterocycles. The number of carbonyl (C=O) groups excluding carboxylic acids is 1. The second kappa shape index (κ2) is 6.88. The maximum absolute atomic E-state index is 12.0. The fourth-order valence-electron chi connectivity index (χ4n) is 3.20. The lowest BCUT2D eigenvalue weighted by molar-refractivity contribution is -0.117. The molecule has 0 bridgehead atoms. The Kier molecular flexibility index (Phi) is 4.32. The van der Waals surface area contributed by atoms with Crippen LogP contribution in [0.15, 0.2) is 22.6 Å². The number of amides is 1. The first kappa shape index (κ1) is 18.2. The minimum absolute atomic E-state index is 0.0596. The Morgan fingerprint density at radius 1 is 1.21 bits per heavy atom. The molecule has 0 spiro atoms. The van der Waals surface area contributed by atoms with Crippen molar-refractivity contribution in [1.82, 2.24) is 29.7 Å². The van der Waals surface area contributed by atoms with Crippen molar-refractivity contribution < 1.29 is 17.6 Å². The molecule has 2 aliphatic rings. The fourth-order valence-corrected chi connectivity index (χ4v) is 4.48. The van der Waals surface area contributed by atoms with E-state index < -0.39 is 9.84 Å². The standard InChI is InChI=1S/C17H19N7O4S/c25-15(11-4-5-11)19-17-18-13-3-1-2-12(24(13)22-17)16-21-20-14(28-16)10-23-6-8-29(26,27)9-7-23/h1-3,11H,4-10H2,(H,19,22,25). The molecule has 12 heteroatoms. The fraction of sp³-hybridized carbons (Fsp3) is 0.471. The Labute approximate surface area is 166 Å². The summed E-state index contributed by atoms with van der Waals surface area (Å²) in [5.41, 5.74) is 1.11. The van der Waals surface area contributed by atoms with Gasteiger partial charge in [0.05, 0.1) is 18.1 Å². The third-order valence-electron chi connectivity index (χ3n) is 5.02. The number of anilines is 1. The molecule has 5 rings (SSSR count). The van der Waals surface area contributed by atoms with Gasteiger partial charge in [0, 0.05) is 19.0 Å². The largest absolute Gasteiger partial charge is 0.418 e. The minimum atomic E-state index is -2.93. The number of carbonyl (C=O) groups is 1. The molecular formula is C17H19N7O4S. The number of pyridine rings is 1. The zero-order chi connectivity index (χ0) is 20.0. The number of aromatic nitrogens is 5. The van der Waals surface area contributed by atoms with Gasteiger partial charge < -0.3 is 4.42 Å². The highest BCUT2D eigenvalue weighted by Crippen LogP contribution is 2.30. The number of nitrogens with zero attached hydrogens (tertiary/aromatic N) is 6. The van der Waals surface area contributed by atoms with Crippen LogP contribution < -0.4 is 5.32 Å². The van der Waals surface area contributed by atoms with Crippen molar-refractivity contribution in [3.8, 4) is 11.6 Å². The zero-order valence-corrected chi connectivity index (χ0v) is 16.3. The van der Waals surface area contributed by atoms with Crippen molar-refractivity contribution in [3.05, 3.63) is 24.1 Å². The Bertz CT molecular complexity index is 1170. The summed E-state index contributed by atoms with van der Waals surface area (Å²) in [6, 6.07) is 5.35. The first-order valence-corrected chi connectivity index (χ1v) is 11.2. The van der Waals surface area contributed by atoms with E-state index in [1.54, 1.807) is 22.7 Å². The number of rotatable bonds is 5. The smallest absolute Gasteiger partial charge is 0.266 e. The molecule has 0 aromatic carbocycles. The van der Waals surface area contributed by atoms with Crippen LogP contribution in [-0.4, -0.2) is 68.6 Å². The van der Waals surface area contributed by atoms with E-state index in [4.69, 9.17) is 4.42 Å². The predicted octanol–water partition coefficient (Wildman–Crippen LogP) is 0.358. The number of hydrogen-bond donors (Lipinski definition) is 1. The van der Waals surface area contributed by atoms with Gasteiger partial charge in [0.25, 0.3) is 5.89 Å². The lowest BCUT2D eigenvalue weighted by Crippen LogP contribution is -2.39. The normalized spacial score (nSPS) is 19.4. The molecule has 11 nitrogen and oxygen atoms in total. The molecule has 1 saturated heterocycles. The second-order valence-electron chi connectivity index (χ2n) is 7.31. The van der Waals surface area contributed by atoms with E-state index in [2.05, 4.69) is 25.6 Å². The quantitative estimate of drug-likeness (QED) is 0.624. The van der Waals surface area contributed by atoms with Crippen LogP contribution in [0.25, 0.3) is 17.2 Å². The number of fused-ring (bicyclic) bond motifs is 1. The van der Waals surface area contributed by atoms with Crippen LogP contribution in [0.4, 0.5) is 5.95 Å². The van der Waals surface area contributed by atoms with Crippen molar-refractivity contribution in [2.75, 3.05) is 29.9 Å². The van der Waals surface area contributed by atoms with Crippen molar-refractivity contribution in [2.24, 2.45) is 5.92 Å². The number of nitrogens with one attached hydrogen (secondary N) is 1. The molecule has 0 atom stereocenters. The lowest BCUT2D eigenvalue weighted by atomic mass is 10.3. The summed E-state index contributed by atoms with van der Waals surface area (Å²) in [7, 11) is -2.93. The van der Waals surface area contributed by atoms with Gasteiger partial charge in [0.15, 0.2) is 15.5 Å². The van der Waals surface area contributed by atoms with Gasteiger partial charge in [-0.2, -0.15) is 4.98 Å². The van der Waals surface area contributed by atoms with E-state index in [0.29, 0.717) is 36.9 Å². The molecule has 152 valence electrons. The summed E-state index contributed by atoms with van der Waals surface area (Å²) < 4.78 is 30.4. The molecule has 1 saturated carbocycles. The molecule has 3 aromatic rings. The minimum Gasteiger partial charge on any atom is -0.418 e. The predicted molar refractivity (Wildman–Crippen MR) is 102 cm³/mol. The van der Waals surface area contributed by atoms with E-state index in [0.717, 1.165) is 12.8 Å². The monoisotopic (exact) mass is 417 g/mol. The Morgan fingerprint density at radius 2 is 2.00 bits per heavy atom. The van der Waals surface area contributed by atoms with E-state index in [-0.39, 0.29) is 35.2 Å². The third kappa shape index (κ3) is 3.85. The molecule has 0 unspecified atom stereocenters. The Morgan fingerprint density at radius 3 is 2.76 bits per heavy atom. The highest BCUT2D eigenvalue weighted by molar-refractivity contribution is 7.91. The molecular weight excluding hydrogens is 398 g/mol. The average Bonchev–Trinajstić information content (AvgIpc) is 3.31. The van der Waals surface area contributed by atoms with Crippen LogP contribution >= 0.6 is 0 Å². The Balaban J connectivity index is 1.35. The van der Waals surface area contributed by atoms with Gasteiger partial charge in [-0.1, -0.05) is 6.07 Å². The van der Waals surface area contributed by atoms with Gasteiger partial charge in [-0.3, -0.25) is 15.0 Å². The highest BCUT2D eigenvalue weighted by Gasteiger charge is 2.30. The lowest BCUT2D eigenvalue weighted by Gasteiger charge is -2.24. The molecule has 1 amide bonds. The maximum Gasteiger partial charge on any atom is 0.266 e. The molecule has 0 radical (unpaired) electrons. The van der Waals surface area contributed by atoms with E-state index in [1.807, 2.05) is 4.90 Å². The highest BCUT2D eigenvalue weighted by atomic mass is 32.2. The van der Waals surface area contributed by atoms with E-state index in [1.165, 1.54) is 0 Å². The van der Waals surface area contributed by atoms with Gasteiger partial charge in [0.1, 0.15) is 5.69 Å². The van der Waals surface area contributed by atoms with Crippen LogP contribution in [-0.2, 0) is 21.2 Å². The van der Waals surface area contributed by atoms with Gasteiger partial charge in [-0.15, -0.1) is 15.3 Å². The zero-order valence-electron chi connectivity index (χ0n) is 15.5. The maximum atomic E-state index is 12.0. The van der Waals surface area contributed by atoms with Gasteiger partial charge >= 0.3 is 0 Å². The SMILES string of the molecule is O=C(Nc1nc2cccc(-c3nnc(CN4CCS(=O)(=O)CC4)o3)n2n1)C1CC1. The number of hydrogen-bond acceptors (Lipinski definition) is 9.